The molecule has 1 amide bonds. The predicted molar refractivity (Wildman–Crippen MR) is 95.5 cm³/mol. The van der Waals surface area contributed by atoms with Gasteiger partial charge in [-0.15, -0.1) is 0 Å². The molecule has 0 radical (unpaired) electrons. The van der Waals surface area contributed by atoms with Gasteiger partial charge in [0.2, 0.25) is 0 Å². The number of fused-ring (bicyclic) bond motifs is 1. The molecule has 1 N–H and O–H groups in total. The Morgan fingerprint density at radius 3 is 3.00 bits per heavy atom. The summed E-state index contributed by atoms with van der Waals surface area (Å²) < 4.78 is 0.293. The molecule has 0 saturated carbocycles. The average Bonchev–Trinajstić information content (AvgIpc) is 2.75. The smallest absolute Gasteiger partial charge is 0.323 e. The van der Waals surface area contributed by atoms with E-state index in [9.17, 15) is 9.59 Å². The monoisotopic (exact) mass is 348 g/mol. The van der Waals surface area contributed by atoms with Gasteiger partial charge in [-0.1, -0.05) is 30.0 Å². The van der Waals surface area contributed by atoms with Gasteiger partial charge in [0.1, 0.15) is 10.9 Å². The van der Waals surface area contributed by atoms with Crippen molar-refractivity contribution in [3.8, 4) is 0 Å². The fourth-order valence-electron chi connectivity index (χ4n) is 2.82. The topological polar surface area (TPSA) is 60.9 Å². The number of aliphatic carboxylic acids is 1. The Kier molecular flexibility index (Phi) is 4.41. The van der Waals surface area contributed by atoms with Crippen molar-refractivity contribution >= 4 is 51.9 Å². The van der Waals surface area contributed by atoms with Crippen molar-refractivity contribution in [2.45, 2.75) is 12.8 Å². The molecule has 5 nitrogen and oxygen atoms in total. The molecule has 1 aromatic carbocycles. The number of anilines is 1. The first-order valence-corrected chi connectivity index (χ1v) is 8.49. The second-order valence-electron chi connectivity index (χ2n) is 5.57. The number of rotatable bonds is 3. The number of thiocarbonyl (C=S) groups is 1. The maximum atomic E-state index is 12.3. The van der Waals surface area contributed by atoms with Crippen LogP contribution in [-0.4, -0.2) is 46.3 Å². The normalized spacial score (nSPS) is 19.4. The fourth-order valence-corrected chi connectivity index (χ4v) is 4.07. The zero-order chi connectivity index (χ0) is 16.6. The van der Waals surface area contributed by atoms with Gasteiger partial charge in [0.05, 0.1) is 4.91 Å². The molecule has 120 valence electrons. The van der Waals surface area contributed by atoms with E-state index in [2.05, 4.69) is 24.1 Å². The minimum atomic E-state index is -1.07. The molecule has 0 spiro atoms. The Labute approximate surface area is 143 Å². The lowest BCUT2D eigenvalue weighted by atomic mass is 9.99. The van der Waals surface area contributed by atoms with Crippen LogP contribution in [0.25, 0.3) is 6.08 Å². The molecule has 3 rings (SSSR count). The molecule has 2 aliphatic rings. The number of hydrogen-bond donors (Lipinski definition) is 1. The minimum absolute atomic E-state index is 0.293. The summed E-state index contributed by atoms with van der Waals surface area (Å²) in [5.41, 5.74) is 3.44. The van der Waals surface area contributed by atoms with Gasteiger partial charge in [0, 0.05) is 19.3 Å². The first kappa shape index (κ1) is 16.0. The highest BCUT2D eigenvalue weighted by atomic mass is 32.2. The van der Waals surface area contributed by atoms with Crippen LogP contribution in [0.15, 0.2) is 23.1 Å². The molecule has 0 atom stereocenters. The standard InChI is InChI=1S/C16H16N2O3S2/c1-17-6-2-3-11-7-10(4-5-12(11)17)8-13-15(21)18(9-14(19)20)16(22)23-13/h4-5,7-8H,2-3,6,9H2,1H3,(H,19,20)/b13-8-. The predicted octanol–water partition coefficient (Wildman–Crippen LogP) is 2.35. The average molecular weight is 348 g/mol. The molecule has 1 saturated heterocycles. The van der Waals surface area contributed by atoms with Gasteiger partial charge in [-0.3, -0.25) is 14.5 Å². The Balaban J connectivity index is 1.86. The lowest BCUT2D eigenvalue weighted by Gasteiger charge is -2.27. The summed E-state index contributed by atoms with van der Waals surface area (Å²) in [5, 5.41) is 8.86. The van der Waals surface area contributed by atoms with Crippen molar-refractivity contribution in [1.29, 1.82) is 0 Å². The van der Waals surface area contributed by atoms with Crippen molar-refractivity contribution < 1.29 is 14.7 Å². The second-order valence-corrected chi connectivity index (χ2v) is 7.25. The first-order chi connectivity index (χ1) is 11.0. The molecule has 0 aromatic heterocycles. The van der Waals surface area contributed by atoms with Gasteiger partial charge in [0.15, 0.2) is 0 Å². The van der Waals surface area contributed by atoms with Crippen LogP contribution in [0.3, 0.4) is 0 Å². The van der Waals surface area contributed by atoms with Gasteiger partial charge in [0.25, 0.3) is 5.91 Å². The van der Waals surface area contributed by atoms with Crippen molar-refractivity contribution in [3.05, 3.63) is 34.2 Å². The molecule has 0 aliphatic carbocycles. The number of thioether (sulfide) groups is 1. The Hall–Kier alpha value is -1.86. The Bertz CT molecular complexity index is 730. The van der Waals surface area contributed by atoms with E-state index in [1.807, 2.05) is 6.07 Å². The number of hydrogen-bond acceptors (Lipinski definition) is 5. The molecular weight excluding hydrogens is 332 g/mol. The Morgan fingerprint density at radius 2 is 2.26 bits per heavy atom. The van der Waals surface area contributed by atoms with E-state index in [0.29, 0.717) is 9.23 Å². The minimum Gasteiger partial charge on any atom is -0.480 e. The Morgan fingerprint density at radius 1 is 1.48 bits per heavy atom. The maximum absolute atomic E-state index is 12.3. The van der Waals surface area contributed by atoms with E-state index in [1.165, 1.54) is 11.3 Å². The first-order valence-electron chi connectivity index (χ1n) is 7.27. The highest BCUT2D eigenvalue weighted by Gasteiger charge is 2.33. The van der Waals surface area contributed by atoms with Gasteiger partial charge in [-0.2, -0.15) is 0 Å². The van der Waals surface area contributed by atoms with Crippen molar-refractivity contribution in [3.63, 3.8) is 0 Å². The highest BCUT2D eigenvalue weighted by molar-refractivity contribution is 8.26. The summed E-state index contributed by atoms with van der Waals surface area (Å²) in [6, 6.07) is 6.14. The highest BCUT2D eigenvalue weighted by Crippen LogP contribution is 2.33. The zero-order valence-corrected chi connectivity index (χ0v) is 14.2. The maximum Gasteiger partial charge on any atom is 0.323 e. The molecule has 0 unspecified atom stereocenters. The van der Waals surface area contributed by atoms with Crippen molar-refractivity contribution in [1.82, 2.24) is 4.90 Å². The van der Waals surface area contributed by atoms with Crippen LogP contribution in [0.4, 0.5) is 5.69 Å². The molecule has 23 heavy (non-hydrogen) atoms. The van der Waals surface area contributed by atoms with E-state index >= 15 is 0 Å². The van der Waals surface area contributed by atoms with Crippen LogP contribution in [0, 0.1) is 0 Å². The molecule has 1 fully saturated rings. The third-order valence-corrected chi connectivity index (χ3v) is 5.30. The number of carbonyl (C=O) groups excluding carboxylic acids is 1. The number of amides is 1. The fraction of sp³-hybridized carbons (Fsp3) is 0.312. The molecule has 1 aromatic rings. The van der Waals surface area contributed by atoms with Crippen molar-refractivity contribution in [2.24, 2.45) is 0 Å². The van der Waals surface area contributed by atoms with Crippen LogP contribution in [-0.2, 0) is 16.0 Å². The lowest BCUT2D eigenvalue weighted by Crippen LogP contribution is -2.33. The molecule has 2 aliphatic heterocycles. The van der Waals surface area contributed by atoms with E-state index in [1.54, 1.807) is 6.08 Å². The van der Waals surface area contributed by atoms with Crippen LogP contribution < -0.4 is 4.90 Å². The third-order valence-electron chi connectivity index (χ3n) is 3.92. The van der Waals surface area contributed by atoms with Crippen LogP contribution >= 0.6 is 24.0 Å². The van der Waals surface area contributed by atoms with E-state index in [0.717, 1.165) is 41.6 Å². The van der Waals surface area contributed by atoms with Gasteiger partial charge in [-0.05, 0) is 42.2 Å². The number of carboxylic acids is 1. The SMILES string of the molecule is CN1CCCc2cc(/C=C3\SC(=S)N(CC(=O)O)C3=O)ccc21. The largest absolute Gasteiger partial charge is 0.480 e. The lowest BCUT2D eigenvalue weighted by molar-refractivity contribution is -0.140. The van der Waals surface area contributed by atoms with Crippen LogP contribution in [0.1, 0.15) is 17.5 Å². The zero-order valence-electron chi connectivity index (χ0n) is 12.6. The summed E-state index contributed by atoms with van der Waals surface area (Å²) in [6.45, 7) is 0.664. The summed E-state index contributed by atoms with van der Waals surface area (Å²) in [6.07, 6.45) is 3.94. The van der Waals surface area contributed by atoms with Crippen LogP contribution in [0.5, 0.6) is 0 Å². The number of carbonyl (C=O) groups is 2. The second kappa shape index (κ2) is 6.33. The van der Waals surface area contributed by atoms with Crippen molar-refractivity contribution in [2.75, 3.05) is 25.0 Å². The number of benzene rings is 1. The molecule has 2 heterocycles. The third kappa shape index (κ3) is 3.25. The number of carboxylic acid groups (broad SMARTS) is 1. The van der Waals surface area contributed by atoms with E-state index in [4.69, 9.17) is 17.3 Å². The summed E-state index contributed by atoms with van der Waals surface area (Å²) >= 11 is 6.25. The van der Waals surface area contributed by atoms with Crippen LogP contribution in [0.2, 0.25) is 0 Å². The molecule has 0 bridgehead atoms. The van der Waals surface area contributed by atoms with Gasteiger partial charge in [-0.25, -0.2) is 0 Å². The summed E-state index contributed by atoms with van der Waals surface area (Å²) in [4.78, 5) is 26.9. The van der Waals surface area contributed by atoms with E-state index in [-0.39, 0.29) is 5.91 Å². The number of nitrogens with zero attached hydrogens (tertiary/aromatic N) is 2. The van der Waals surface area contributed by atoms with E-state index < -0.39 is 12.5 Å². The molecular formula is C16H16N2O3S2. The van der Waals surface area contributed by atoms with Gasteiger partial charge < -0.3 is 10.0 Å². The quantitative estimate of drug-likeness (QED) is 0.668. The van der Waals surface area contributed by atoms with Gasteiger partial charge >= 0.3 is 5.97 Å². The summed E-state index contributed by atoms with van der Waals surface area (Å²) in [7, 11) is 2.08. The molecule has 7 heteroatoms. The number of aryl methyl sites for hydroxylation is 1. The summed E-state index contributed by atoms with van der Waals surface area (Å²) in [5.74, 6) is -1.41.